The zero-order valence-corrected chi connectivity index (χ0v) is 24.0. The fourth-order valence-corrected chi connectivity index (χ4v) is 4.83. The minimum atomic E-state index is -4.48. The van der Waals surface area contributed by atoms with Gasteiger partial charge in [-0.3, -0.25) is 14.6 Å². The third kappa shape index (κ3) is 9.76. The molecule has 9 nitrogen and oxygen atoms in total. The Kier molecular flexibility index (Phi) is 11.4. The van der Waals surface area contributed by atoms with Gasteiger partial charge in [-0.05, 0) is 42.7 Å². The van der Waals surface area contributed by atoms with Gasteiger partial charge in [0.15, 0.2) is 0 Å². The summed E-state index contributed by atoms with van der Waals surface area (Å²) in [6, 6.07) is 11.7. The maximum Gasteiger partial charge on any atom is 0.416 e. The van der Waals surface area contributed by atoms with Crippen LogP contribution < -0.4 is 27.8 Å². The van der Waals surface area contributed by atoms with E-state index in [1.165, 1.54) is 18.3 Å². The van der Waals surface area contributed by atoms with E-state index in [0.717, 1.165) is 36.1 Å². The number of hydrogen-bond donors (Lipinski definition) is 5. The van der Waals surface area contributed by atoms with Gasteiger partial charge in [-0.1, -0.05) is 30.3 Å². The zero-order chi connectivity index (χ0) is 30.9. The normalized spacial score (nSPS) is 13.6. The zero-order valence-electron chi connectivity index (χ0n) is 24.0. The van der Waals surface area contributed by atoms with E-state index in [1.807, 2.05) is 24.3 Å². The number of carbonyl (C=O) groups excluding carboxylic acids is 2. The molecule has 2 amide bonds. The van der Waals surface area contributed by atoms with Gasteiger partial charge in [0.1, 0.15) is 6.04 Å². The van der Waals surface area contributed by atoms with Gasteiger partial charge in [0.05, 0.1) is 56.2 Å². The third-order valence-corrected chi connectivity index (χ3v) is 7.25. The number of aromatic nitrogens is 1. The Bertz CT molecular complexity index is 1330. The summed E-state index contributed by atoms with van der Waals surface area (Å²) in [5.41, 5.74) is 18.6. The van der Waals surface area contributed by atoms with Crippen molar-refractivity contribution < 1.29 is 27.2 Å². The summed E-state index contributed by atoms with van der Waals surface area (Å²) < 4.78 is 39.8. The van der Waals surface area contributed by atoms with Crippen molar-refractivity contribution in [3.63, 3.8) is 0 Å². The molecular weight excluding hydrogens is 547 g/mol. The minimum absolute atomic E-state index is 0.0348. The van der Waals surface area contributed by atoms with Gasteiger partial charge in [-0.25, -0.2) is 0 Å². The summed E-state index contributed by atoms with van der Waals surface area (Å²) in [4.78, 5) is 30.8. The number of nitrogens with two attached hydrogens (primary N) is 3. The van der Waals surface area contributed by atoms with Crippen molar-refractivity contribution in [1.29, 1.82) is 0 Å². The van der Waals surface area contributed by atoms with E-state index in [4.69, 9.17) is 17.2 Å². The summed E-state index contributed by atoms with van der Waals surface area (Å²) >= 11 is 0. The van der Waals surface area contributed by atoms with Crippen molar-refractivity contribution >= 4 is 28.4 Å². The van der Waals surface area contributed by atoms with E-state index in [2.05, 4.69) is 29.7 Å². The van der Waals surface area contributed by atoms with Gasteiger partial charge in [-0.15, -0.1) is 0 Å². The van der Waals surface area contributed by atoms with E-state index in [0.29, 0.717) is 41.7 Å². The molecule has 3 aromatic rings. The van der Waals surface area contributed by atoms with Crippen LogP contribution in [0, 0.1) is 5.92 Å². The average Bonchev–Trinajstić information content (AvgIpc) is 2.95. The Hall–Kier alpha value is -3.58. The molecule has 3 rings (SSSR count). The molecule has 0 radical (unpaired) electrons. The largest absolute Gasteiger partial charge is 0.416 e. The highest BCUT2D eigenvalue weighted by atomic mass is 19.4. The van der Waals surface area contributed by atoms with Crippen LogP contribution in [0.3, 0.4) is 0 Å². The van der Waals surface area contributed by atoms with Crippen LogP contribution in [-0.2, 0) is 22.2 Å². The predicted molar refractivity (Wildman–Crippen MR) is 158 cm³/mol. The molecule has 0 saturated carbocycles. The second-order valence-electron chi connectivity index (χ2n) is 11.3. The lowest BCUT2D eigenvalue weighted by atomic mass is 10.0. The molecule has 1 aromatic heterocycles. The van der Waals surface area contributed by atoms with Crippen LogP contribution in [0.25, 0.3) is 10.9 Å². The number of halogens is 3. The van der Waals surface area contributed by atoms with Crippen LogP contribution in [0.4, 0.5) is 18.9 Å². The summed E-state index contributed by atoms with van der Waals surface area (Å²) in [7, 11) is 4.13. The molecule has 0 saturated heterocycles. The number of pyridine rings is 1. The highest BCUT2D eigenvalue weighted by Gasteiger charge is 2.31. The SMILES string of the molecule is C[N+](C)(CCC[C@H](N)C(=O)N[C@@H](Cc1ccc(C(F)(F)F)cc1)C(=O)Nc1cnc2ccccc2c1)CC(CN)CN. The van der Waals surface area contributed by atoms with E-state index >= 15 is 0 Å². The Morgan fingerprint density at radius 2 is 1.67 bits per heavy atom. The number of nitrogens with zero attached hydrogens (tertiary/aromatic N) is 2. The number of quaternary nitrogens is 1. The molecule has 2 atom stereocenters. The fourth-order valence-electron chi connectivity index (χ4n) is 4.83. The average molecular weight is 589 g/mol. The highest BCUT2D eigenvalue weighted by Crippen LogP contribution is 2.29. The Labute approximate surface area is 244 Å². The maximum absolute atomic E-state index is 13.3. The monoisotopic (exact) mass is 588 g/mol. The van der Waals surface area contributed by atoms with Gasteiger partial charge in [0, 0.05) is 30.8 Å². The van der Waals surface area contributed by atoms with Crippen molar-refractivity contribution in [2.24, 2.45) is 23.1 Å². The van der Waals surface area contributed by atoms with Crippen LogP contribution in [0.2, 0.25) is 0 Å². The first-order valence-electron chi connectivity index (χ1n) is 13.9. The molecule has 0 aliphatic rings. The molecule has 0 aliphatic heterocycles. The van der Waals surface area contributed by atoms with Crippen LogP contribution >= 0.6 is 0 Å². The lowest BCUT2D eigenvalue weighted by molar-refractivity contribution is -0.893. The van der Waals surface area contributed by atoms with E-state index in [9.17, 15) is 22.8 Å². The van der Waals surface area contributed by atoms with Crippen molar-refractivity contribution in [2.75, 3.05) is 45.6 Å². The van der Waals surface area contributed by atoms with Crippen molar-refractivity contribution in [3.8, 4) is 0 Å². The fraction of sp³-hybridized carbons (Fsp3) is 0.433. The lowest BCUT2D eigenvalue weighted by Crippen LogP contribution is -2.51. The molecule has 0 bridgehead atoms. The second kappa shape index (κ2) is 14.5. The van der Waals surface area contributed by atoms with Gasteiger partial charge in [0.2, 0.25) is 11.8 Å². The number of hydrogen-bond acceptors (Lipinski definition) is 6. The first kappa shape index (κ1) is 32.9. The number of nitrogens with one attached hydrogen (secondary N) is 2. The smallest absolute Gasteiger partial charge is 0.343 e. The van der Waals surface area contributed by atoms with E-state index in [-0.39, 0.29) is 12.3 Å². The van der Waals surface area contributed by atoms with Gasteiger partial charge in [0.25, 0.3) is 0 Å². The lowest BCUT2D eigenvalue weighted by Gasteiger charge is -2.33. The highest BCUT2D eigenvalue weighted by molar-refractivity contribution is 5.99. The molecule has 8 N–H and O–H groups in total. The topological polar surface area (TPSA) is 149 Å². The number of alkyl halides is 3. The molecule has 0 fully saturated rings. The number of carbonyl (C=O) groups is 2. The van der Waals surface area contributed by atoms with Crippen LogP contribution in [0.15, 0.2) is 60.8 Å². The van der Waals surface area contributed by atoms with Gasteiger partial charge >= 0.3 is 6.18 Å². The Morgan fingerprint density at radius 3 is 2.31 bits per heavy atom. The predicted octanol–water partition coefficient (Wildman–Crippen LogP) is 2.64. The van der Waals surface area contributed by atoms with Crippen LogP contribution in [-0.4, -0.2) is 73.6 Å². The second-order valence-corrected chi connectivity index (χ2v) is 11.3. The molecule has 228 valence electrons. The van der Waals surface area contributed by atoms with Crippen LogP contribution in [0.1, 0.15) is 24.0 Å². The summed E-state index contributed by atoms with van der Waals surface area (Å²) in [6.45, 7) is 2.55. The summed E-state index contributed by atoms with van der Waals surface area (Å²) in [5.74, 6) is -0.870. The van der Waals surface area contributed by atoms with Crippen LogP contribution in [0.5, 0.6) is 0 Å². The summed E-state index contributed by atoms with van der Waals surface area (Å²) in [6.07, 6.45) is -1.98. The minimum Gasteiger partial charge on any atom is -0.343 e. The Morgan fingerprint density at radius 1 is 1.00 bits per heavy atom. The molecule has 0 aliphatic carbocycles. The molecule has 0 unspecified atom stereocenters. The number of anilines is 1. The molecule has 2 aromatic carbocycles. The summed E-state index contributed by atoms with van der Waals surface area (Å²) in [5, 5.41) is 6.29. The van der Waals surface area contributed by atoms with Gasteiger partial charge in [-0.2, -0.15) is 13.2 Å². The van der Waals surface area contributed by atoms with Crippen molar-refractivity contribution in [3.05, 3.63) is 71.9 Å². The number of benzene rings is 2. The molecule has 42 heavy (non-hydrogen) atoms. The third-order valence-electron chi connectivity index (χ3n) is 7.25. The van der Waals surface area contributed by atoms with E-state index < -0.39 is 35.6 Å². The van der Waals surface area contributed by atoms with Crippen molar-refractivity contribution in [2.45, 2.75) is 37.5 Å². The molecule has 12 heteroatoms. The molecule has 0 spiro atoms. The maximum atomic E-state index is 13.3. The van der Waals surface area contributed by atoms with Crippen molar-refractivity contribution in [1.82, 2.24) is 10.3 Å². The quantitative estimate of drug-likeness (QED) is 0.183. The molecule has 1 heterocycles. The number of para-hydroxylation sites is 1. The van der Waals surface area contributed by atoms with E-state index in [1.54, 1.807) is 6.07 Å². The standard InChI is InChI=1S/C30H40F3N7O2/c1-40(2,19-21(16-34)17-35)13-5-7-25(36)28(41)39-27(14-20-9-11-23(12-10-20)30(31,32)33)29(42)38-24-15-22-6-3-4-8-26(22)37-18-24/h3-4,6,8-12,15,18,21,25,27H,5,7,13-14,16-17,19,34-36H2,1-2H3,(H-,38,39,41,42)/p+1/t25-,27-/m0/s1. The Balaban J connectivity index is 1.69. The van der Waals surface area contributed by atoms with Gasteiger partial charge < -0.3 is 32.3 Å². The molecular formula is C30H41F3N7O2+. The number of fused-ring (bicyclic) bond motifs is 1. The number of rotatable bonds is 14. The number of amides is 2. The first-order chi connectivity index (χ1) is 19.8. The first-order valence-corrected chi connectivity index (χ1v) is 13.9.